The maximum atomic E-state index is 7.15. The first-order valence-corrected chi connectivity index (χ1v) is 4.05. The van der Waals surface area contributed by atoms with E-state index in [1.54, 1.807) is 0 Å². The minimum atomic E-state index is -0.917. The molecule has 2 nitrogen and oxygen atoms in total. The fraction of sp³-hybridized carbons (Fsp3) is 1.00. The highest BCUT2D eigenvalue weighted by molar-refractivity contribution is 7.23. The zero-order chi connectivity index (χ0) is 7.33. The summed E-state index contributed by atoms with van der Waals surface area (Å²) in [5.74, 6) is 0. The van der Waals surface area contributed by atoms with E-state index in [1.807, 2.05) is 0 Å². The van der Waals surface area contributed by atoms with Crippen LogP contribution >= 0.6 is 9.03 Å². The fourth-order valence-electron chi connectivity index (χ4n) is 0.884. The molecule has 0 spiro atoms. The summed E-state index contributed by atoms with van der Waals surface area (Å²) in [7, 11) is -0.917. The molecule has 9 heavy (non-hydrogen) atoms. The van der Waals surface area contributed by atoms with Gasteiger partial charge in [0, 0.05) is 0 Å². The molecular formula is C6H15O2P. The molecule has 1 fully saturated rings. The molecule has 56 valence electrons. The SMILES string of the molecule is CC1(C)CCC1.OPO. The van der Waals surface area contributed by atoms with Crippen molar-refractivity contribution in [2.24, 2.45) is 5.41 Å². The Morgan fingerprint density at radius 3 is 1.44 bits per heavy atom. The predicted octanol–water partition coefficient (Wildman–Crippen LogP) is 1.68. The summed E-state index contributed by atoms with van der Waals surface area (Å²) < 4.78 is 0. The molecule has 0 radical (unpaired) electrons. The summed E-state index contributed by atoms with van der Waals surface area (Å²) in [6, 6.07) is 0. The quantitative estimate of drug-likeness (QED) is 0.516. The van der Waals surface area contributed by atoms with E-state index in [0.717, 1.165) is 5.41 Å². The van der Waals surface area contributed by atoms with Crippen molar-refractivity contribution in [3.63, 3.8) is 0 Å². The Morgan fingerprint density at radius 1 is 1.22 bits per heavy atom. The molecule has 0 aromatic heterocycles. The van der Waals surface area contributed by atoms with E-state index in [1.165, 1.54) is 19.3 Å². The summed E-state index contributed by atoms with van der Waals surface area (Å²) in [5, 5.41) is 0. The van der Waals surface area contributed by atoms with Gasteiger partial charge in [0.25, 0.3) is 0 Å². The Bertz CT molecular complexity index is 67.5. The minimum Gasteiger partial charge on any atom is -0.352 e. The summed E-state index contributed by atoms with van der Waals surface area (Å²) in [4.78, 5) is 14.3. The van der Waals surface area contributed by atoms with Gasteiger partial charge >= 0.3 is 0 Å². The van der Waals surface area contributed by atoms with E-state index in [9.17, 15) is 0 Å². The molecule has 3 heteroatoms. The van der Waals surface area contributed by atoms with Crippen LogP contribution in [0.3, 0.4) is 0 Å². The Hall–Kier alpha value is 0.350. The van der Waals surface area contributed by atoms with Crippen LogP contribution in [0, 0.1) is 5.41 Å². The lowest BCUT2D eigenvalue weighted by atomic mass is 9.72. The maximum absolute atomic E-state index is 7.15. The smallest absolute Gasteiger partial charge is 0.149 e. The van der Waals surface area contributed by atoms with Crippen molar-refractivity contribution in [1.82, 2.24) is 0 Å². The molecule has 1 rings (SSSR count). The fourth-order valence-corrected chi connectivity index (χ4v) is 0.884. The highest BCUT2D eigenvalue weighted by Gasteiger charge is 2.24. The van der Waals surface area contributed by atoms with E-state index in [-0.39, 0.29) is 0 Å². The number of rotatable bonds is 0. The summed E-state index contributed by atoms with van der Waals surface area (Å²) in [6.07, 6.45) is 4.37. The van der Waals surface area contributed by atoms with E-state index < -0.39 is 9.03 Å². The van der Waals surface area contributed by atoms with Gasteiger partial charge in [-0.2, -0.15) is 0 Å². The molecule has 0 heterocycles. The lowest BCUT2D eigenvalue weighted by molar-refractivity contribution is 0.190. The van der Waals surface area contributed by atoms with Crippen LogP contribution in [-0.4, -0.2) is 9.79 Å². The summed E-state index contributed by atoms with van der Waals surface area (Å²) in [5.41, 5.74) is 0.722. The average Bonchev–Trinajstić information content (AvgIpc) is 1.65. The van der Waals surface area contributed by atoms with Crippen molar-refractivity contribution in [3.8, 4) is 0 Å². The van der Waals surface area contributed by atoms with Crippen LogP contribution in [0.4, 0.5) is 0 Å². The van der Waals surface area contributed by atoms with Gasteiger partial charge < -0.3 is 9.79 Å². The molecule has 2 N–H and O–H groups in total. The van der Waals surface area contributed by atoms with Gasteiger partial charge in [0.05, 0.1) is 0 Å². The van der Waals surface area contributed by atoms with Gasteiger partial charge in [-0.15, -0.1) is 0 Å². The largest absolute Gasteiger partial charge is 0.352 e. The molecule has 0 bridgehead atoms. The van der Waals surface area contributed by atoms with Crippen LogP contribution in [0.15, 0.2) is 0 Å². The van der Waals surface area contributed by atoms with Crippen molar-refractivity contribution in [2.75, 3.05) is 0 Å². The van der Waals surface area contributed by atoms with Gasteiger partial charge in [-0.25, -0.2) is 0 Å². The van der Waals surface area contributed by atoms with Gasteiger partial charge in [-0.05, 0) is 18.3 Å². The third-order valence-electron chi connectivity index (χ3n) is 1.71. The van der Waals surface area contributed by atoms with Crippen LogP contribution in [0.5, 0.6) is 0 Å². The van der Waals surface area contributed by atoms with Crippen molar-refractivity contribution in [1.29, 1.82) is 0 Å². The molecule has 0 unspecified atom stereocenters. The Labute approximate surface area is 58.2 Å². The second-order valence-corrected chi connectivity index (χ2v) is 3.32. The van der Waals surface area contributed by atoms with Crippen LogP contribution in [0.2, 0.25) is 0 Å². The first kappa shape index (κ1) is 9.35. The number of hydrogen-bond acceptors (Lipinski definition) is 2. The number of hydrogen-bond donors (Lipinski definition) is 2. The van der Waals surface area contributed by atoms with Crippen molar-refractivity contribution >= 4 is 9.03 Å². The third-order valence-corrected chi connectivity index (χ3v) is 1.71. The van der Waals surface area contributed by atoms with E-state index in [4.69, 9.17) is 9.79 Å². The second kappa shape index (κ2) is 4.21. The zero-order valence-electron chi connectivity index (χ0n) is 6.02. The van der Waals surface area contributed by atoms with Crippen LogP contribution < -0.4 is 0 Å². The van der Waals surface area contributed by atoms with Crippen LogP contribution in [0.25, 0.3) is 0 Å². The summed E-state index contributed by atoms with van der Waals surface area (Å²) in [6.45, 7) is 4.66. The second-order valence-electron chi connectivity index (χ2n) is 3.12. The first-order valence-electron chi connectivity index (χ1n) is 3.15. The Morgan fingerprint density at radius 2 is 1.44 bits per heavy atom. The molecule has 0 amide bonds. The van der Waals surface area contributed by atoms with Crippen molar-refractivity contribution in [3.05, 3.63) is 0 Å². The van der Waals surface area contributed by atoms with Gasteiger partial charge in [-0.1, -0.05) is 20.3 Å². The topological polar surface area (TPSA) is 40.5 Å². The van der Waals surface area contributed by atoms with Gasteiger partial charge in [0.1, 0.15) is 9.03 Å². The maximum Gasteiger partial charge on any atom is 0.149 e. The summed E-state index contributed by atoms with van der Waals surface area (Å²) >= 11 is 0. The van der Waals surface area contributed by atoms with Crippen LogP contribution in [0.1, 0.15) is 33.1 Å². The molecule has 1 aliphatic rings. The van der Waals surface area contributed by atoms with Crippen LogP contribution in [-0.2, 0) is 0 Å². The molecular weight excluding hydrogens is 135 g/mol. The highest BCUT2D eigenvalue weighted by Crippen LogP contribution is 2.38. The van der Waals surface area contributed by atoms with Gasteiger partial charge in [0.15, 0.2) is 0 Å². The molecule has 1 aliphatic carbocycles. The highest BCUT2D eigenvalue weighted by atomic mass is 31.1. The van der Waals surface area contributed by atoms with Gasteiger partial charge in [0.2, 0.25) is 0 Å². The minimum absolute atomic E-state index is 0.722. The van der Waals surface area contributed by atoms with E-state index >= 15 is 0 Å². The van der Waals surface area contributed by atoms with Crippen molar-refractivity contribution < 1.29 is 9.79 Å². The van der Waals surface area contributed by atoms with Gasteiger partial charge in [-0.3, -0.25) is 0 Å². The molecule has 1 saturated carbocycles. The van der Waals surface area contributed by atoms with Crippen molar-refractivity contribution in [2.45, 2.75) is 33.1 Å². The molecule has 0 saturated heterocycles. The normalized spacial score (nSPS) is 21.3. The zero-order valence-corrected chi connectivity index (χ0v) is 7.02. The molecule has 0 atom stereocenters. The lowest BCUT2D eigenvalue weighted by Gasteiger charge is -2.33. The molecule has 0 aliphatic heterocycles. The third kappa shape index (κ3) is 4.83. The predicted molar refractivity (Wildman–Crippen MR) is 40.4 cm³/mol. The lowest BCUT2D eigenvalue weighted by Crippen LogP contribution is -2.20. The Balaban J connectivity index is 0.000000187. The first-order chi connectivity index (χ1) is 4.12. The standard InChI is InChI=1S/C6H12.H3O2P/c1-6(2)4-3-5-6;1-3-2/h3-5H2,1-2H3;1-3H. The van der Waals surface area contributed by atoms with E-state index in [2.05, 4.69) is 13.8 Å². The average molecular weight is 150 g/mol. The Kier molecular flexibility index (Phi) is 4.37. The molecule has 0 aromatic carbocycles. The molecule has 0 aromatic rings. The monoisotopic (exact) mass is 150 g/mol. The van der Waals surface area contributed by atoms with E-state index in [0.29, 0.717) is 0 Å².